The molecule has 0 aliphatic heterocycles. The molecule has 1 saturated carbocycles. The van der Waals surface area contributed by atoms with Crippen LogP contribution in [0.25, 0.3) is 10.2 Å². The lowest BCUT2D eigenvalue weighted by Gasteiger charge is -2.12. The summed E-state index contributed by atoms with van der Waals surface area (Å²) in [5.41, 5.74) is 4.88. The summed E-state index contributed by atoms with van der Waals surface area (Å²) >= 11 is 1.59. The first-order valence-electron chi connectivity index (χ1n) is 8.27. The van der Waals surface area contributed by atoms with E-state index in [4.69, 9.17) is 4.74 Å². The number of carbonyl (C=O) groups is 1. The number of aromatic nitrogens is 2. The molecule has 2 N–H and O–H groups in total. The molecule has 0 saturated heterocycles. The van der Waals surface area contributed by atoms with Gasteiger partial charge in [0.15, 0.2) is 5.69 Å². The second kappa shape index (κ2) is 6.68. The number of ether oxygens (including phenoxy) is 1. The Balaban J connectivity index is 1.63. The number of carbonyl (C=O) groups excluding carboxylic acids is 1. The van der Waals surface area contributed by atoms with Crippen molar-refractivity contribution >= 4 is 44.7 Å². The summed E-state index contributed by atoms with van der Waals surface area (Å²) in [5.74, 6) is 0.195. The minimum atomic E-state index is -0.414. The van der Waals surface area contributed by atoms with E-state index in [2.05, 4.69) is 20.6 Å². The smallest absolute Gasteiger partial charge is 0.357 e. The van der Waals surface area contributed by atoms with Gasteiger partial charge in [0.05, 0.1) is 22.3 Å². The van der Waals surface area contributed by atoms with E-state index >= 15 is 0 Å². The number of benzene rings is 1. The maximum atomic E-state index is 12.1. The first-order valence-corrected chi connectivity index (χ1v) is 9.15. The zero-order valence-electron chi connectivity index (χ0n) is 13.8. The van der Waals surface area contributed by atoms with Crippen molar-refractivity contribution in [2.75, 3.05) is 17.2 Å². The minimum Gasteiger partial charge on any atom is -0.461 e. The fraction of sp³-hybridized carbons (Fsp3) is 0.278. The molecule has 1 aromatic carbocycles. The quantitative estimate of drug-likeness (QED) is 0.647. The van der Waals surface area contributed by atoms with Crippen molar-refractivity contribution in [3.05, 3.63) is 41.5 Å². The van der Waals surface area contributed by atoms with Crippen LogP contribution in [0, 0.1) is 0 Å². The van der Waals surface area contributed by atoms with Gasteiger partial charge >= 0.3 is 5.97 Å². The first-order chi connectivity index (χ1) is 12.2. The zero-order chi connectivity index (χ0) is 17.2. The number of anilines is 3. The molecular formula is C18H18N4O2S. The Bertz CT molecular complexity index is 920. The highest BCUT2D eigenvalue weighted by Crippen LogP contribution is 2.28. The fourth-order valence-electron chi connectivity index (χ4n) is 2.53. The van der Waals surface area contributed by atoms with Crippen molar-refractivity contribution in [2.24, 2.45) is 0 Å². The third kappa shape index (κ3) is 3.71. The summed E-state index contributed by atoms with van der Waals surface area (Å²) in [7, 11) is 0. The second-order valence-electron chi connectivity index (χ2n) is 5.93. The van der Waals surface area contributed by atoms with Crippen LogP contribution in [-0.4, -0.2) is 28.6 Å². The van der Waals surface area contributed by atoms with Crippen LogP contribution in [0.15, 0.2) is 35.8 Å². The van der Waals surface area contributed by atoms with Gasteiger partial charge < -0.3 is 15.4 Å². The van der Waals surface area contributed by atoms with Gasteiger partial charge in [-0.25, -0.2) is 14.8 Å². The minimum absolute atomic E-state index is 0.300. The fourth-order valence-corrected chi connectivity index (χ4v) is 3.25. The molecule has 7 heteroatoms. The van der Waals surface area contributed by atoms with Gasteiger partial charge in [-0.2, -0.15) is 0 Å². The number of hydrogen-bond acceptors (Lipinski definition) is 7. The number of hydrogen-bond donors (Lipinski definition) is 2. The summed E-state index contributed by atoms with van der Waals surface area (Å²) in [6.07, 6.45) is 2.31. The number of thiazole rings is 1. The van der Waals surface area contributed by atoms with E-state index in [1.807, 2.05) is 29.8 Å². The molecule has 2 aromatic heterocycles. The van der Waals surface area contributed by atoms with Gasteiger partial charge in [0, 0.05) is 23.5 Å². The molecule has 1 aliphatic carbocycles. The van der Waals surface area contributed by atoms with Crippen molar-refractivity contribution < 1.29 is 9.53 Å². The van der Waals surface area contributed by atoms with Gasteiger partial charge in [-0.05, 0) is 44.0 Å². The van der Waals surface area contributed by atoms with Gasteiger partial charge in [0.2, 0.25) is 0 Å². The van der Waals surface area contributed by atoms with E-state index in [1.54, 1.807) is 24.3 Å². The Labute approximate surface area is 149 Å². The standard InChI is InChI=1S/C18H18N4O2S/c1-2-24-18(23)15-7-13(20-11-3-4-11)9-17(22-15)21-12-5-6-14-16(8-12)25-10-19-14/h5-11H,2-4H2,1H3,(H2,20,21,22). The van der Waals surface area contributed by atoms with Crippen LogP contribution in [0.1, 0.15) is 30.3 Å². The van der Waals surface area contributed by atoms with Crippen molar-refractivity contribution in [3.63, 3.8) is 0 Å². The summed E-state index contributed by atoms with van der Waals surface area (Å²) in [5, 5.41) is 6.69. The predicted molar refractivity (Wildman–Crippen MR) is 99.7 cm³/mol. The maximum absolute atomic E-state index is 12.1. The van der Waals surface area contributed by atoms with E-state index < -0.39 is 5.97 Å². The molecule has 3 aromatic rings. The largest absolute Gasteiger partial charge is 0.461 e. The van der Waals surface area contributed by atoms with E-state index in [-0.39, 0.29) is 0 Å². The van der Waals surface area contributed by atoms with Crippen molar-refractivity contribution in [1.82, 2.24) is 9.97 Å². The lowest BCUT2D eigenvalue weighted by molar-refractivity contribution is 0.0519. The van der Waals surface area contributed by atoms with E-state index in [1.165, 1.54) is 0 Å². The van der Waals surface area contributed by atoms with Crippen molar-refractivity contribution in [2.45, 2.75) is 25.8 Å². The SMILES string of the molecule is CCOC(=O)c1cc(NC2CC2)cc(Nc2ccc3ncsc3c2)n1. The van der Waals surface area contributed by atoms with E-state index in [0.29, 0.717) is 24.2 Å². The third-order valence-electron chi connectivity index (χ3n) is 3.86. The van der Waals surface area contributed by atoms with Crippen molar-refractivity contribution in [3.8, 4) is 0 Å². The third-order valence-corrected chi connectivity index (χ3v) is 4.65. The molecule has 4 rings (SSSR count). The molecule has 0 unspecified atom stereocenters. The van der Waals surface area contributed by atoms with Crippen LogP contribution in [0.2, 0.25) is 0 Å². The topological polar surface area (TPSA) is 76.1 Å². The monoisotopic (exact) mass is 354 g/mol. The average molecular weight is 354 g/mol. The van der Waals surface area contributed by atoms with Crippen LogP contribution >= 0.6 is 11.3 Å². The molecule has 1 fully saturated rings. The van der Waals surface area contributed by atoms with Crippen LogP contribution in [0.5, 0.6) is 0 Å². The number of nitrogens with zero attached hydrogens (tertiary/aromatic N) is 2. The Hall–Kier alpha value is -2.67. The van der Waals surface area contributed by atoms with Gasteiger partial charge in [-0.15, -0.1) is 11.3 Å². The number of pyridine rings is 1. The maximum Gasteiger partial charge on any atom is 0.357 e. The van der Waals surface area contributed by atoms with Crippen LogP contribution in [0.4, 0.5) is 17.2 Å². The molecule has 128 valence electrons. The Morgan fingerprint density at radius 3 is 2.96 bits per heavy atom. The molecule has 0 atom stereocenters. The molecule has 6 nitrogen and oxygen atoms in total. The number of nitrogens with one attached hydrogen (secondary N) is 2. The highest BCUT2D eigenvalue weighted by molar-refractivity contribution is 7.16. The molecule has 0 spiro atoms. The van der Waals surface area contributed by atoms with Gasteiger partial charge in [-0.3, -0.25) is 0 Å². The normalized spacial score (nSPS) is 13.6. The number of fused-ring (bicyclic) bond motifs is 1. The number of esters is 1. The average Bonchev–Trinajstić information content (AvgIpc) is 3.29. The van der Waals surface area contributed by atoms with E-state index in [9.17, 15) is 4.79 Å². The number of rotatable bonds is 6. The Kier molecular flexibility index (Phi) is 4.23. The Morgan fingerprint density at radius 1 is 1.28 bits per heavy atom. The van der Waals surface area contributed by atoms with Crippen LogP contribution in [0.3, 0.4) is 0 Å². The van der Waals surface area contributed by atoms with Gasteiger partial charge in [-0.1, -0.05) is 0 Å². The van der Waals surface area contributed by atoms with Crippen molar-refractivity contribution in [1.29, 1.82) is 0 Å². The summed E-state index contributed by atoms with van der Waals surface area (Å²) in [6.45, 7) is 2.11. The molecule has 25 heavy (non-hydrogen) atoms. The summed E-state index contributed by atoms with van der Waals surface area (Å²) in [6, 6.07) is 10.1. The zero-order valence-corrected chi connectivity index (χ0v) is 14.6. The molecule has 1 aliphatic rings. The summed E-state index contributed by atoms with van der Waals surface area (Å²) in [4.78, 5) is 20.8. The predicted octanol–water partition coefficient (Wildman–Crippen LogP) is 4.19. The first kappa shape index (κ1) is 15.8. The van der Waals surface area contributed by atoms with Crippen LogP contribution in [-0.2, 0) is 4.74 Å². The molecule has 2 heterocycles. The molecule has 0 bridgehead atoms. The van der Waals surface area contributed by atoms with Crippen LogP contribution < -0.4 is 10.6 Å². The summed E-state index contributed by atoms with van der Waals surface area (Å²) < 4.78 is 6.19. The second-order valence-corrected chi connectivity index (χ2v) is 6.81. The molecular weight excluding hydrogens is 336 g/mol. The van der Waals surface area contributed by atoms with Gasteiger partial charge in [0.25, 0.3) is 0 Å². The highest BCUT2D eigenvalue weighted by atomic mass is 32.1. The highest BCUT2D eigenvalue weighted by Gasteiger charge is 2.22. The lowest BCUT2D eigenvalue weighted by atomic mass is 10.2. The molecule has 0 radical (unpaired) electrons. The van der Waals surface area contributed by atoms with Gasteiger partial charge in [0.1, 0.15) is 5.82 Å². The van der Waals surface area contributed by atoms with E-state index in [0.717, 1.165) is 34.4 Å². The Morgan fingerprint density at radius 2 is 2.16 bits per heavy atom. The lowest BCUT2D eigenvalue weighted by Crippen LogP contribution is -2.10. The molecule has 0 amide bonds.